The summed E-state index contributed by atoms with van der Waals surface area (Å²) < 4.78 is 0. The van der Waals surface area contributed by atoms with Crippen LogP contribution in [0.2, 0.25) is 0 Å². The molecule has 0 spiro atoms. The number of nitrogens with one attached hydrogen (secondary N) is 1. The maximum Gasteiger partial charge on any atom is 0.257 e. The van der Waals surface area contributed by atoms with E-state index in [0.717, 1.165) is 36.6 Å². The molecule has 120 valence electrons. The second-order valence-electron chi connectivity index (χ2n) is 5.95. The van der Waals surface area contributed by atoms with Crippen molar-refractivity contribution in [1.29, 1.82) is 0 Å². The molecule has 1 aliphatic rings. The lowest BCUT2D eigenvalue weighted by Gasteiger charge is -2.30. The minimum absolute atomic E-state index is 0.0943. The third-order valence-corrected chi connectivity index (χ3v) is 4.39. The van der Waals surface area contributed by atoms with Crippen molar-refractivity contribution < 1.29 is 9.90 Å². The molecule has 1 saturated heterocycles. The second kappa shape index (κ2) is 6.79. The molecular weight excluding hydrogens is 290 g/mol. The highest BCUT2D eigenvalue weighted by atomic mass is 16.3. The van der Waals surface area contributed by atoms with Crippen LogP contribution >= 0.6 is 0 Å². The number of phenolic OH excluding ortho intramolecular Hbond substituents is 1. The summed E-state index contributed by atoms with van der Waals surface area (Å²) in [6, 6.07) is 11.1. The van der Waals surface area contributed by atoms with E-state index in [9.17, 15) is 9.90 Å². The van der Waals surface area contributed by atoms with Crippen molar-refractivity contribution in [3.63, 3.8) is 0 Å². The number of carbonyl (C=O) groups excluding carboxylic acids is 1. The van der Waals surface area contributed by atoms with E-state index in [1.807, 2.05) is 37.4 Å². The van der Waals surface area contributed by atoms with E-state index in [1.165, 1.54) is 6.21 Å². The van der Waals surface area contributed by atoms with Gasteiger partial charge in [-0.2, -0.15) is 5.10 Å². The van der Waals surface area contributed by atoms with E-state index < -0.39 is 0 Å². The molecule has 1 aliphatic heterocycles. The van der Waals surface area contributed by atoms with Crippen molar-refractivity contribution in [3.05, 3.63) is 42.0 Å². The van der Waals surface area contributed by atoms with E-state index in [0.29, 0.717) is 5.56 Å². The van der Waals surface area contributed by atoms with Crippen LogP contribution in [-0.2, 0) is 4.79 Å². The first-order valence-corrected chi connectivity index (χ1v) is 7.90. The van der Waals surface area contributed by atoms with Gasteiger partial charge in [-0.25, -0.2) is 5.43 Å². The minimum atomic E-state index is -0.123. The summed E-state index contributed by atoms with van der Waals surface area (Å²) in [4.78, 5) is 14.3. The van der Waals surface area contributed by atoms with Crippen LogP contribution in [-0.4, -0.2) is 41.8 Å². The van der Waals surface area contributed by atoms with Gasteiger partial charge in [0, 0.05) is 5.56 Å². The highest BCUT2D eigenvalue weighted by molar-refractivity contribution is 6.02. The topological polar surface area (TPSA) is 64.9 Å². The van der Waals surface area contributed by atoms with Crippen molar-refractivity contribution in [1.82, 2.24) is 10.3 Å². The van der Waals surface area contributed by atoms with Crippen LogP contribution in [0, 0.1) is 0 Å². The molecule has 23 heavy (non-hydrogen) atoms. The Hall–Kier alpha value is -2.40. The number of rotatable bonds is 3. The van der Waals surface area contributed by atoms with Gasteiger partial charge in [-0.3, -0.25) is 9.69 Å². The number of likely N-dealkylation sites (N-methyl/N-ethyl adjacent to an activating group) is 1. The molecule has 2 aromatic carbocycles. The number of piperidine rings is 1. The summed E-state index contributed by atoms with van der Waals surface area (Å²) in [5, 5.41) is 16.0. The van der Waals surface area contributed by atoms with Crippen LogP contribution in [0.3, 0.4) is 0 Å². The molecular formula is C18H21N3O2. The van der Waals surface area contributed by atoms with Gasteiger partial charge >= 0.3 is 0 Å². The van der Waals surface area contributed by atoms with Gasteiger partial charge in [-0.15, -0.1) is 0 Å². The van der Waals surface area contributed by atoms with Crippen molar-refractivity contribution in [2.45, 2.75) is 25.3 Å². The summed E-state index contributed by atoms with van der Waals surface area (Å²) in [6.07, 6.45) is 4.57. The van der Waals surface area contributed by atoms with Gasteiger partial charge in [-0.1, -0.05) is 36.8 Å². The predicted molar refractivity (Wildman–Crippen MR) is 91.6 cm³/mol. The maximum atomic E-state index is 12.2. The molecule has 5 nitrogen and oxygen atoms in total. The number of hydrazone groups is 1. The van der Waals surface area contributed by atoms with E-state index in [1.54, 1.807) is 6.07 Å². The number of phenols is 1. The van der Waals surface area contributed by atoms with Gasteiger partial charge in [0.05, 0.1) is 12.3 Å². The van der Waals surface area contributed by atoms with Gasteiger partial charge < -0.3 is 5.11 Å². The Morgan fingerprint density at radius 2 is 2.13 bits per heavy atom. The maximum absolute atomic E-state index is 12.2. The Labute approximate surface area is 135 Å². The lowest BCUT2D eigenvalue weighted by atomic mass is 10.0. The molecule has 1 amide bonds. The van der Waals surface area contributed by atoms with Crippen LogP contribution < -0.4 is 5.43 Å². The largest absolute Gasteiger partial charge is 0.507 e. The van der Waals surface area contributed by atoms with Gasteiger partial charge in [0.25, 0.3) is 5.91 Å². The van der Waals surface area contributed by atoms with Gasteiger partial charge in [0.15, 0.2) is 0 Å². The highest BCUT2D eigenvalue weighted by Gasteiger charge is 2.25. The molecule has 1 atom stereocenters. The Morgan fingerprint density at radius 3 is 2.96 bits per heavy atom. The number of fused-ring (bicyclic) bond motifs is 1. The fourth-order valence-electron chi connectivity index (χ4n) is 3.06. The van der Waals surface area contributed by atoms with Crippen molar-refractivity contribution >= 4 is 22.9 Å². The molecule has 5 heteroatoms. The number of benzene rings is 2. The summed E-state index contributed by atoms with van der Waals surface area (Å²) in [7, 11) is 1.96. The van der Waals surface area contributed by atoms with E-state index >= 15 is 0 Å². The monoisotopic (exact) mass is 311 g/mol. The van der Waals surface area contributed by atoms with Gasteiger partial charge in [0.1, 0.15) is 5.75 Å². The Bertz CT molecular complexity index is 742. The number of nitrogens with zero attached hydrogens (tertiary/aromatic N) is 2. The minimum Gasteiger partial charge on any atom is -0.507 e. The SMILES string of the molecule is CN1CCCC[C@@H]1C(=O)N/N=C\c1c(O)ccc2ccccc12. The van der Waals surface area contributed by atoms with Gasteiger partial charge in [0.2, 0.25) is 0 Å². The van der Waals surface area contributed by atoms with Crippen LogP contribution in [0.15, 0.2) is 41.5 Å². The third kappa shape index (κ3) is 3.35. The molecule has 1 heterocycles. The number of hydrogen-bond acceptors (Lipinski definition) is 4. The van der Waals surface area contributed by atoms with E-state index in [2.05, 4.69) is 15.4 Å². The zero-order chi connectivity index (χ0) is 16.2. The number of likely N-dealkylation sites (tertiary alicyclic amines) is 1. The van der Waals surface area contributed by atoms with Crippen molar-refractivity contribution in [3.8, 4) is 5.75 Å². The van der Waals surface area contributed by atoms with Gasteiger partial charge in [-0.05, 0) is 43.3 Å². The quantitative estimate of drug-likeness (QED) is 0.676. The average Bonchev–Trinajstić information content (AvgIpc) is 2.57. The van der Waals surface area contributed by atoms with Crippen LogP contribution in [0.1, 0.15) is 24.8 Å². The van der Waals surface area contributed by atoms with E-state index in [-0.39, 0.29) is 17.7 Å². The average molecular weight is 311 g/mol. The smallest absolute Gasteiger partial charge is 0.257 e. The molecule has 2 aromatic rings. The first-order chi connectivity index (χ1) is 11.2. The molecule has 1 fully saturated rings. The second-order valence-corrected chi connectivity index (χ2v) is 5.95. The summed E-state index contributed by atoms with van der Waals surface area (Å²) in [5.74, 6) is 0.0552. The third-order valence-electron chi connectivity index (χ3n) is 4.39. The molecule has 0 aromatic heterocycles. The van der Waals surface area contributed by atoms with Crippen LogP contribution in [0.4, 0.5) is 0 Å². The van der Waals surface area contributed by atoms with Crippen LogP contribution in [0.5, 0.6) is 5.75 Å². The summed E-state index contributed by atoms with van der Waals surface area (Å²) in [5.41, 5.74) is 3.21. The Balaban J connectivity index is 1.75. The number of carbonyl (C=O) groups is 1. The highest BCUT2D eigenvalue weighted by Crippen LogP contribution is 2.25. The normalized spacial score (nSPS) is 19.3. The first kappa shape index (κ1) is 15.5. The Morgan fingerprint density at radius 1 is 1.30 bits per heavy atom. The fourth-order valence-corrected chi connectivity index (χ4v) is 3.06. The standard InChI is InChI=1S/C18H21N3O2/c1-21-11-5-4-8-16(21)18(23)20-19-12-15-14-7-3-2-6-13(14)9-10-17(15)22/h2-3,6-7,9-10,12,16,22H,4-5,8,11H2,1H3,(H,20,23)/b19-12-/t16-/m1/s1. The van der Waals surface area contributed by atoms with Crippen molar-refractivity contribution in [2.75, 3.05) is 13.6 Å². The molecule has 0 saturated carbocycles. The zero-order valence-corrected chi connectivity index (χ0v) is 13.2. The van der Waals surface area contributed by atoms with Crippen molar-refractivity contribution in [2.24, 2.45) is 5.10 Å². The molecule has 3 rings (SSSR count). The molecule has 0 unspecified atom stereocenters. The molecule has 0 radical (unpaired) electrons. The number of aromatic hydroxyl groups is 1. The molecule has 0 aliphatic carbocycles. The number of amides is 1. The zero-order valence-electron chi connectivity index (χ0n) is 13.2. The lowest BCUT2D eigenvalue weighted by molar-refractivity contribution is -0.126. The van der Waals surface area contributed by atoms with E-state index in [4.69, 9.17) is 0 Å². The summed E-state index contributed by atoms with van der Waals surface area (Å²) >= 11 is 0. The fraction of sp³-hybridized carbons (Fsp3) is 0.333. The summed E-state index contributed by atoms with van der Waals surface area (Å²) in [6.45, 7) is 0.936. The van der Waals surface area contributed by atoms with Crippen LogP contribution in [0.25, 0.3) is 10.8 Å². The molecule has 2 N–H and O–H groups in total. The predicted octanol–water partition coefficient (Wildman–Crippen LogP) is 2.48. The number of hydrogen-bond donors (Lipinski definition) is 2. The Kier molecular flexibility index (Phi) is 4.57. The first-order valence-electron chi connectivity index (χ1n) is 7.90. The molecule has 0 bridgehead atoms. The lowest BCUT2D eigenvalue weighted by Crippen LogP contribution is -2.46.